The van der Waals surface area contributed by atoms with Crippen LogP contribution in [0.5, 0.6) is 5.75 Å². The lowest BCUT2D eigenvalue weighted by Gasteiger charge is -2.18. The first-order valence-electron chi connectivity index (χ1n) is 6.86. The van der Waals surface area contributed by atoms with Crippen LogP contribution in [0.4, 0.5) is 4.79 Å². The number of fused-ring (bicyclic) bond motifs is 1. The monoisotopic (exact) mass is 290 g/mol. The van der Waals surface area contributed by atoms with Crippen LogP contribution in [-0.4, -0.2) is 30.9 Å². The highest BCUT2D eigenvalue weighted by Crippen LogP contribution is 2.25. The van der Waals surface area contributed by atoms with Crippen molar-refractivity contribution >= 4 is 17.7 Å². The van der Waals surface area contributed by atoms with Gasteiger partial charge in [-0.15, -0.1) is 0 Å². The molecule has 0 saturated carbocycles. The van der Waals surface area contributed by atoms with Crippen molar-refractivity contribution < 1.29 is 19.1 Å². The number of amides is 3. The number of carbonyl (C=O) groups is 3. The number of aryl methyl sites for hydroxylation is 1. The Balaban J connectivity index is 2.04. The molecule has 2 N–H and O–H groups in total. The summed E-state index contributed by atoms with van der Waals surface area (Å²) < 4.78 is 5.52. The minimum Gasteiger partial charge on any atom is -0.481 e. The van der Waals surface area contributed by atoms with Crippen LogP contribution in [0.3, 0.4) is 0 Å². The molecule has 1 aromatic carbocycles. The van der Waals surface area contributed by atoms with E-state index in [1.54, 1.807) is 25.1 Å². The molecule has 0 bridgehead atoms. The number of imide groups is 1. The second-order valence-corrected chi connectivity index (χ2v) is 4.92. The minimum atomic E-state index is -0.806. The molecule has 0 spiro atoms. The molecule has 0 fully saturated rings. The first-order valence-corrected chi connectivity index (χ1v) is 6.86. The molecule has 112 valence electrons. The van der Waals surface area contributed by atoms with E-state index >= 15 is 0 Å². The summed E-state index contributed by atoms with van der Waals surface area (Å²) in [5, 5.41) is 4.45. The normalized spacial score (nSPS) is 14.9. The Kier molecular flexibility index (Phi) is 4.57. The third kappa shape index (κ3) is 3.59. The predicted octanol–water partition coefficient (Wildman–Crippen LogP) is 1.43. The van der Waals surface area contributed by atoms with Crippen molar-refractivity contribution in [3.8, 4) is 5.75 Å². The Morgan fingerprint density at radius 3 is 2.76 bits per heavy atom. The summed E-state index contributed by atoms with van der Waals surface area (Å²) in [5.74, 6) is 0.138. The summed E-state index contributed by atoms with van der Waals surface area (Å²) in [6, 6.07) is 4.61. The fourth-order valence-corrected chi connectivity index (χ4v) is 2.23. The van der Waals surface area contributed by atoms with E-state index in [1.807, 2.05) is 0 Å². The number of carbonyl (C=O) groups excluding carboxylic acids is 3. The Morgan fingerprint density at radius 1 is 1.29 bits per heavy atom. The molecular weight excluding hydrogens is 272 g/mol. The van der Waals surface area contributed by atoms with Crippen molar-refractivity contribution in [2.45, 2.75) is 32.3 Å². The molecule has 21 heavy (non-hydrogen) atoms. The van der Waals surface area contributed by atoms with Gasteiger partial charge in [0, 0.05) is 19.0 Å². The third-order valence-electron chi connectivity index (χ3n) is 3.37. The summed E-state index contributed by atoms with van der Waals surface area (Å²) in [6.45, 7) is 1.56. The van der Waals surface area contributed by atoms with Crippen molar-refractivity contribution in [2.75, 3.05) is 7.05 Å². The van der Waals surface area contributed by atoms with Gasteiger partial charge in [-0.1, -0.05) is 0 Å². The zero-order chi connectivity index (χ0) is 15.4. The minimum absolute atomic E-state index is 0.146. The molecule has 1 aliphatic carbocycles. The molecule has 6 nitrogen and oxygen atoms in total. The van der Waals surface area contributed by atoms with E-state index in [-0.39, 0.29) is 5.78 Å². The summed E-state index contributed by atoms with van der Waals surface area (Å²) in [7, 11) is 1.43. The highest BCUT2D eigenvalue weighted by Gasteiger charge is 2.20. The van der Waals surface area contributed by atoms with Gasteiger partial charge < -0.3 is 10.1 Å². The van der Waals surface area contributed by atoms with Gasteiger partial charge in [0.2, 0.25) is 0 Å². The van der Waals surface area contributed by atoms with Gasteiger partial charge in [-0.25, -0.2) is 4.79 Å². The number of Topliss-reactive ketones (excluding diaryl/α,β-unsaturated/α-hetero) is 1. The van der Waals surface area contributed by atoms with Crippen LogP contribution in [0.15, 0.2) is 18.2 Å². The van der Waals surface area contributed by atoms with E-state index in [4.69, 9.17) is 4.74 Å². The molecule has 1 aliphatic rings. The van der Waals surface area contributed by atoms with Gasteiger partial charge in [-0.2, -0.15) is 0 Å². The molecular formula is C15H18N2O4. The van der Waals surface area contributed by atoms with Gasteiger partial charge in [0.1, 0.15) is 5.75 Å². The summed E-state index contributed by atoms with van der Waals surface area (Å²) in [6.07, 6.45) is 1.44. The van der Waals surface area contributed by atoms with Gasteiger partial charge >= 0.3 is 6.03 Å². The first kappa shape index (κ1) is 15.0. The summed E-state index contributed by atoms with van der Waals surface area (Å²) >= 11 is 0. The number of urea groups is 1. The van der Waals surface area contributed by atoms with Crippen LogP contribution in [0.25, 0.3) is 0 Å². The Bertz CT molecular complexity index is 583. The highest BCUT2D eigenvalue weighted by molar-refractivity contribution is 5.98. The van der Waals surface area contributed by atoms with Crippen molar-refractivity contribution in [1.29, 1.82) is 0 Å². The predicted molar refractivity (Wildman–Crippen MR) is 76.4 cm³/mol. The van der Waals surface area contributed by atoms with Crippen LogP contribution in [-0.2, 0) is 11.2 Å². The number of ether oxygens (including phenoxy) is 1. The second-order valence-electron chi connectivity index (χ2n) is 4.92. The van der Waals surface area contributed by atoms with E-state index in [9.17, 15) is 14.4 Å². The number of benzene rings is 1. The van der Waals surface area contributed by atoms with Crippen molar-refractivity contribution in [3.63, 3.8) is 0 Å². The van der Waals surface area contributed by atoms with Gasteiger partial charge in [0.05, 0.1) is 0 Å². The lowest BCUT2D eigenvalue weighted by molar-refractivity contribution is -0.126. The maximum Gasteiger partial charge on any atom is 0.321 e. The molecule has 0 aromatic heterocycles. The number of nitrogens with one attached hydrogen (secondary N) is 2. The second kappa shape index (κ2) is 6.39. The van der Waals surface area contributed by atoms with E-state index in [2.05, 4.69) is 10.6 Å². The highest BCUT2D eigenvalue weighted by atomic mass is 16.5. The Morgan fingerprint density at radius 2 is 2.05 bits per heavy atom. The largest absolute Gasteiger partial charge is 0.481 e. The van der Waals surface area contributed by atoms with E-state index in [0.29, 0.717) is 12.2 Å². The van der Waals surface area contributed by atoms with Crippen molar-refractivity contribution in [2.24, 2.45) is 0 Å². The van der Waals surface area contributed by atoms with Crippen molar-refractivity contribution in [3.05, 3.63) is 29.3 Å². The lowest BCUT2D eigenvalue weighted by Crippen LogP contribution is -2.43. The van der Waals surface area contributed by atoms with Crippen LogP contribution in [0.1, 0.15) is 35.7 Å². The van der Waals surface area contributed by atoms with Crippen LogP contribution in [0, 0.1) is 0 Å². The van der Waals surface area contributed by atoms with E-state index in [0.717, 1.165) is 24.0 Å². The fraction of sp³-hybridized carbons (Fsp3) is 0.400. The standard InChI is InChI=1S/C15H18N2O4/c1-9(14(19)17-15(20)16-2)21-11-6-7-12-10(8-11)4-3-5-13(12)18/h6-9H,3-5H2,1-2H3,(H2,16,17,19,20)/t9-/m1/s1. The summed E-state index contributed by atoms with van der Waals surface area (Å²) in [4.78, 5) is 34.5. The Labute approximate surface area is 122 Å². The van der Waals surface area contributed by atoms with Crippen molar-refractivity contribution in [1.82, 2.24) is 10.6 Å². The Hall–Kier alpha value is -2.37. The molecule has 0 heterocycles. The zero-order valence-electron chi connectivity index (χ0n) is 12.1. The molecule has 0 aliphatic heterocycles. The van der Waals surface area contributed by atoms with Crippen LogP contribution < -0.4 is 15.4 Å². The average Bonchev–Trinajstić information content (AvgIpc) is 2.47. The number of ketones is 1. The molecule has 0 radical (unpaired) electrons. The lowest BCUT2D eigenvalue weighted by atomic mass is 9.90. The first-order chi connectivity index (χ1) is 10.0. The molecule has 1 atom stereocenters. The SMILES string of the molecule is CNC(=O)NC(=O)[C@@H](C)Oc1ccc2c(c1)CCCC2=O. The number of rotatable bonds is 3. The van der Waals surface area contributed by atoms with Crippen LogP contribution in [0.2, 0.25) is 0 Å². The van der Waals surface area contributed by atoms with Gasteiger partial charge in [0.25, 0.3) is 5.91 Å². The third-order valence-corrected chi connectivity index (χ3v) is 3.37. The molecule has 0 unspecified atom stereocenters. The molecule has 2 rings (SSSR count). The smallest absolute Gasteiger partial charge is 0.321 e. The van der Waals surface area contributed by atoms with Gasteiger partial charge in [0.15, 0.2) is 11.9 Å². The zero-order valence-corrected chi connectivity index (χ0v) is 12.1. The van der Waals surface area contributed by atoms with Gasteiger partial charge in [-0.05, 0) is 43.5 Å². The summed E-state index contributed by atoms with van der Waals surface area (Å²) in [5.41, 5.74) is 1.68. The van der Waals surface area contributed by atoms with Gasteiger partial charge in [-0.3, -0.25) is 14.9 Å². The van der Waals surface area contributed by atoms with E-state index in [1.165, 1.54) is 7.05 Å². The maximum absolute atomic E-state index is 11.7. The number of hydrogen-bond donors (Lipinski definition) is 2. The quantitative estimate of drug-likeness (QED) is 0.882. The topological polar surface area (TPSA) is 84.5 Å². The number of hydrogen-bond acceptors (Lipinski definition) is 4. The van der Waals surface area contributed by atoms with Crippen LogP contribution >= 0.6 is 0 Å². The molecule has 1 aromatic rings. The average molecular weight is 290 g/mol. The maximum atomic E-state index is 11.7. The molecule has 6 heteroatoms. The van der Waals surface area contributed by atoms with E-state index < -0.39 is 18.0 Å². The molecule has 3 amide bonds. The molecule has 0 saturated heterocycles. The fourth-order valence-electron chi connectivity index (χ4n) is 2.23.